The fourth-order valence-electron chi connectivity index (χ4n) is 4.44. The summed E-state index contributed by atoms with van der Waals surface area (Å²) in [6.07, 6.45) is -1.05. The Kier molecular flexibility index (Phi) is 8.33. The summed E-state index contributed by atoms with van der Waals surface area (Å²) in [7, 11) is 1.57. The van der Waals surface area contributed by atoms with Gasteiger partial charge in [0.25, 0.3) is 0 Å². The zero-order valence-corrected chi connectivity index (χ0v) is 18.8. The zero-order chi connectivity index (χ0) is 21.8. The zero-order valence-electron chi connectivity index (χ0n) is 17.9. The second-order valence-electron chi connectivity index (χ2n) is 7.93. The average molecular weight is 464 g/mol. The molecular formula is C23H30ClN3O5. The number of nitrogens with zero attached hydrogens (tertiary/aromatic N) is 1. The van der Waals surface area contributed by atoms with Gasteiger partial charge >= 0.3 is 6.03 Å². The van der Waals surface area contributed by atoms with Gasteiger partial charge in [-0.3, -0.25) is 4.90 Å². The summed E-state index contributed by atoms with van der Waals surface area (Å²) in [5, 5.41) is 26.0. The molecule has 0 bridgehead atoms. The molecule has 4 N–H and O–H groups in total. The van der Waals surface area contributed by atoms with Crippen molar-refractivity contribution in [3.8, 4) is 5.75 Å². The molecule has 0 aromatic heterocycles. The number of aliphatic hydroxyl groups is 2. The summed E-state index contributed by atoms with van der Waals surface area (Å²) in [6.45, 7) is 1.43. The van der Waals surface area contributed by atoms with Gasteiger partial charge < -0.3 is 30.3 Å². The molecule has 0 radical (unpaired) electrons. The number of nitrogens with one attached hydrogen (secondary N) is 2. The average Bonchev–Trinajstić information content (AvgIpc) is 3.12. The number of carbonyl (C=O) groups excluding carboxylic acids is 1. The molecule has 2 aliphatic heterocycles. The molecule has 2 aromatic rings. The summed E-state index contributed by atoms with van der Waals surface area (Å²) >= 11 is 0. The number of benzene rings is 2. The number of anilines is 1. The quantitative estimate of drug-likeness (QED) is 0.521. The molecule has 2 heterocycles. The van der Waals surface area contributed by atoms with E-state index < -0.39 is 18.3 Å². The van der Waals surface area contributed by atoms with E-state index in [4.69, 9.17) is 9.47 Å². The van der Waals surface area contributed by atoms with E-state index in [1.165, 1.54) is 11.1 Å². The molecule has 0 aliphatic carbocycles. The summed E-state index contributed by atoms with van der Waals surface area (Å²) in [5.74, 6) is 0.649. The number of rotatable bonds is 6. The normalized spacial score (nSPS) is 24.8. The Morgan fingerprint density at radius 1 is 1.19 bits per heavy atom. The topological polar surface area (TPSA) is 103 Å². The van der Waals surface area contributed by atoms with Crippen LogP contribution in [0.2, 0.25) is 0 Å². The number of halogens is 1. The molecule has 2 aromatic carbocycles. The Hall–Kier alpha value is -2.36. The SMILES string of the molecule is COc1cccc(NC(=O)NC[C@H]2O[C@@H](CO)[C@@H](O)[C@H]2N2CCc3ccccc3C2)c1.Cl. The highest BCUT2D eigenvalue weighted by atomic mass is 35.5. The predicted molar refractivity (Wildman–Crippen MR) is 123 cm³/mol. The van der Waals surface area contributed by atoms with Gasteiger partial charge in [-0.05, 0) is 29.7 Å². The van der Waals surface area contributed by atoms with E-state index in [0.29, 0.717) is 18.0 Å². The van der Waals surface area contributed by atoms with E-state index in [1.807, 2.05) is 12.1 Å². The van der Waals surface area contributed by atoms with Crippen molar-refractivity contribution in [1.29, 1.82) is 0 Å². The van der Waals surface area contributed by atoms with E-state index >= 15 is 0 Å². The van der Waals surface area contributed by atoms with Crippen molar-refractivity contribution in [1.82, 2.24) is 10.2 Å². The number of ether oxygens (including phenoxy) is 2. The van der Waals surface area contributed by atoms with Crippen LogP contribution in [0, 0.1) is 0 Å². The molecule has 9 heteroatoms. The van der Waals surface area contributed by atoms with Crippen LogP contribution in [0.3, 0.4) is 0 Å². The smallest absolute Gasteiger partial charge is 0.319 e. The van der Waals surface area contributed by atoms with Gasteiger partial charge in [-0.25, -0.2) is 4.79 Å². The van der Waals surface area contributed by atoms with Crippen LogP contribution in [-0.2, 0) is 17.7 Å². The molecule has 1 saturated heterocycles. The fourth-order valence-corrected chi connectivity index (χ4v) is 4.44. The van der Waals surface area contributed by atoms with Crippen molar-refractivity contribution in [2.45, 2.75) is 37.3 Å². The van der Waals surface area contributed by atoms with Gasteiger partial charge in [0.1, 0.15) is 18.0 Å². The largest absolute Gasteiger partial charge is 0.497 e. The number of fused-ring (bicyclic) bond motifs is 1. The number of amides is 2. The molecule has 174 valence electrons. The first-order chi connectivity index (χ1) is 15.1. The lowest BCUT2D eigenvalue weighted by molar-refractivity contribution is -0.0205. The molecule has 1 fully saturated rings. The Morgan fingerprint density at radius 2 is 1.97 bits per heavy atom. The van der Waals surface area contributed by atoms with Gasteiger partial charge in [0.05, 0.1) is 25.9 Å². The highest BCUT2D eigenvalue weighted by Crippen LogP contribution is 2.30. The summed E-state index contributed by atoms with van der Waals surface area (Å²) < 4.78 is 11.1. The number of hydrogen-bond acceptors (Lipinski definition) is 6. The van der Waals surface area contributed by atoms with E-state index in [9.17, 15) is 15.0 Å². The third-order valence-corrected chi connectivity index (χ3v) is 6.01. The van der Waals surface area contributed by atoms with E-state index in [0.717, 1.165) is 13.0 Å². The lowest BCUT2D eigenvalue weighted by Crippen LogP contribution is -2.52. The summed E-state index contributed by atoms with van der Waals surface area (Å²) in [6, 6.07) is 14.7. The summed E-state index contributed by atoms with van der Waals surface area (Å²) in [5.41, 5.74) is 3.16. The minimum atomic E-state index is -0.830. The van der Waals surface area contributed by atoms with Gasteiger partial charge in [-0.1, -0.05) is 30.3 Å². The van der Waals surface area contributed by atoms with Crippen LogP contribution in [0.4, 0.5) is 10.5 Å². The molecule has 4 atom stereocenters. The number of urea groups is 1. The molecule has 0 saturated carbocycles. The Bertz CT molecular complexity index is 915. The van der Waals surface area contributed by atoms with Crippen molar-refractivity contribution in [2.24, 2.45) is 0 Å². The van der Waals surface area contributed by atoms with Crippen molar-refractivity contribution in [3.05, 3.63) is 59.7 Å². The number of carbonyl (C=O) groups is 1. The maximum atomic E-state index is 12.4. The number of aliphatic hydroxyl groups excluding tert-OH is 2. The predicted octanol–water partition coefficient (Wildman–Crippen LogP) is 1.79. The van der Waals surface area contributed by atoms with Crippen LogP contribution in [0.5, 0.6) is 5.75 Å². The molecule has 0 spiro atoms. The van der Waals surface area contributed by atoms with Crippen LogP contribution in [-0.4, -0.2) is 72.3 Å². The van der Waals surface area contributed by atoms with Crippen molar-refractivity contribution in [2.75, 3.05) is 32.1 Å². The van der Waals surface area contributed by atoms with Crippen molar-refractivity contribution in [3.63, 3.8) is 0 Å². The number of methoxy groups -OCH3 is 1. The summed E-state index contributed by atoms with van der Waals surface area (Å²) in [4.78, 5) is 14.6. The maximum Gasteiger partial charge on any atom is 0.319 e. The lowest BCUT2D eigenvalue weighted by Gasteiger charge is -2.37. The first-order valence-electron chi connectivity index (χ1n) is 10.5. The van der Waals surface area contributed by atoms with Crippen LogP contribution in [0.15, 0.2) is 48.5 Å². The second-order valence-corrected chi connectivity index (χ2v) is 7.93. The van der Waals surface area contributed by atoms with Crippen LogP contribution >= 0.6 is 12.4 Å². The molecule has 32 heavy (non-hydrogen) atoms. The van der Waals surface area contributed by atoms with Crippen molar-refractivity contribution >= 4 is 24.1 Å². The fraction of sp³-hybridized carbons (Fsp3) is 0.435. The molecule has 4 rings (SSSR count). The Balaban J connectivity index is 0.00000289. The van der Waals surface area contributed by atoms with Gasteiger partial charge in [0, 0.05) is 31.4 Å². The van der Waals surface area contributed by atoms with Crippen LogP contribution < -0.4 is 15.4 Å². The first kappa shape index (κ1) is 24.3. The monoisotopic (exact) mass is 463 g/mol. The lowest BCUT2D eigenvalue weighted by atomic mass is 9.95. The molecular weight excluding hydrogens is 434 g/mol. The molecule has 8 nitrogen and oxygen atoms in total. The molecule has 0 unspecified atom stereocenters. The Labute approximate surface area is 193 Å². The van der Waals surface area contributed by atoms with Gasteiger partial charge in [0.2, 0.25) is 0 Å². The van der Waals surface area contributed by atoms with Gasteiger partial charge in [-0.15, -0.1) is 12.4 Å². The Morgan fingerprint density at radius 3 is 2.72 bits per heavy atom. The third kappa shape index (κ3) is 5.33. The second kappa shape index (κ2) is 11.0. The highest BCUT2D eigenvalue weighted by molar-refractivity contribution is 5.89. The molecule has 2 amide bonds. The van der Waals surface area contributed by atoms with E-state index in [2.05, 4.69) is 27.7 Å². The third-order valence-electron chi connectivity index (χ3n) is 6.01. The first-order valence-corrected chi connectivity index (χ1v) is 10.5. The van der Waals surface area contributed by atoms with Crippen molar-refractivity contribution < 1.29 is 24.5 Å². The van der Waals surface area contributed by atoms with Gasteiger partial charge in [-0.2, -0.15) is 0 Å². The molecule has 2 aliphatic rings. The van der Waals surface area contributed by atoms with E-state index in [-0.39, 0.29) is 37.6 Å². The minimum absolute atomic E-state index is 0. The van der Waals surface area contributed by atoms with E-state index in [1.54, 1.807) is 31.4 Å². The highest BCUT2D eigenvalue weighted by Gasteiger charge is 2.46. The maximum absolute atomic E-state index is 12.4. The standard InChI is InChI=1S/C23H29N3O5.ClH/c1-30-18-8-4-7-17(11-18)25-23(29)24-12-19-21(22(28)20(14-27)31-19)26-10-9-15-5-2-3-6-16(15)13-26;/h2-8,11,19-22,27-28H,9-10,12-14H2,1H3,(H2,24,25,29);1H/t19-,20+,21+,22-;/m1./s1. The minimum Gasteiger partial charge on any atom is -0.497 e. The number of hydrogen-bond donors (Lipinski definition) is 4. The van der Waals surface area contributed by atoms with Crippen LogP contribution in [0.25, 0.3) is 0 Å². The van der Waals surface area contributed by atoms with Crippen LogP contribution in [0.1, 0.15) is 11.1 Å². The van der Waals surface area contributed by atoms with Gasteiger partial charge in [0.15, 0.2) is 0 Å².